The van der Waals surface area contributed by atoms with Crippen molar-refractivity contribution < 1.29 is 19.1 Å². The maximum Gasteiger partial charge on any atom is 0.359 e. The van der Waals surface area contributed by atoms with Gasteiger partial charge in [-0.25, -0.2) is 14.3 Å². The highest BCUT2D eigenvalue weighted by Crippen LogP contribution is 2.25. The lowest BCUT2D eigenvalue weighted by molar-refractivity contribution is 0.00690. The van der Waals surface area contributed by atoms with E-state index < -0.39 is 17.5 Å². The van der Waals surface area contributed by atoms with Gasteiger partial charge in [0.05, 0.1) is 18.4 Å². The average molecular weight is 342 g/mol. The molecule has 0 saturated heterocycles. The fourth-order valence-corrected chi connectivity index (χ4v) is 2.14. The molecule has 0 saturated carbocycles. The number of aromatic nitrogens is 2. The van der Waals surface area contributed by atoms with Crippen LogP contribution in [0.3, 0.4) is 0 Å². The Hall–Kier alpha value is -3.34. The van der Waals surface area contributed by atoms with Gasteiger partial charge in [-0.15, -0.1) is 0 Å². The number of hydrogen-bond donors (Lipinski definition) is 1. The van der Waals surface area contributed by atoms with Gasteiger partial charge >= 0.3 is 11.9 Å². The number of anilines is 1. The summed E-state index contributed by atoms with van der Waals surface area (Å²) < 4.78 is 11.2. The van der Waals surface area contributed by atoms with Crippen molar-refractivity contribution in [3.8, 4) is 11.8 Å². The molecular formula is C17H18N4O4. The Bertz CT molecular complexity index is 872. The van der Waals surface area contributed by atoms with Gasteiger partial charge in [0.2, 0.25) is 0 Å². The Kier molecular flexibility index (Phi) is 4.79. The molecule has 2 aromatic rings. The standard InChI is InChI=1S/C17H18N4O4/c1-17(2,3)25-15(22)10-7-5-6-8-12(10)21-14(16(23)24-4)13(19)11(9-18)20-21/h5-8H,19H2,1-4H3. The van der Waals surface area contributed by atoms with Crippen molar-refractivity contribution >= 4 is 17.6 Å². The molecule has 0 atom stereocenters. The second kappa shape index (κ2) is 6.65. The first-order valence-electron chi connectivity index (χ1n) is 7.39. The number of rotatable bonds is 3. The molecule has 1 heterocycles. The maximum absolute atomic E-state index is 12.5. The molecule has 0 radical (unpaired) electrons. The van der Waals surface area contributed by atoms with Crippen LogP contribution in [0, 0.1) is 11.3 Å². The van der Waals surface area contributed by atoms with Gasteiger partial charge in [0, 0.05) is 0 Å². The van der Waals surface area contributed by atoms with Crippen molar-refractivity contribution in [2.24, 2.45) is 0 Å². The summed E-state index contributed by atoms with van der Waals surface area (Å²) >= 11 is 0. The number of nitrogen functional groups attached to an aromatic ring is 1. The van der Waals surface area contributed by atoms with E-state index in [0.717, 1.165) is 4.68 Å². The number of nitrogens with zero attached hydrogens (tertiary/aromatic N) is 3. The molecular weight excluding hydrogens is 324 g/mol. The molecule has 25 heavy (non-hydrogen) atoms. The SMILES string of the molecule is COC(=O)c1c(N)c(C#N)nn1-c1ccccc1C(=O)OC(C)(C)C. The molecule has 0 unspecified atom stereocenters. The number of esters is 2. The lowest BCUT2D eigenvalue weighted by Crippen LogP contribution is -2.25. The molecule has 130 valence electrons. The van der Waals surface area contributed by atoms with Gasteiger partial charge in [-0.2, -0.15) is 10.4 Å². The lowest BCUT2D eigenvalue weighted by atomic mass is 10.1. The summed E-state index contributed by atoms with van der Waals surface area (Å²) in [4.78, 5) is 24.6. The third-order valence-corrected chi connectivity index (χ3v) is 3.16. The third-order valence-electron chi connectivity index (χ3n) is 3.16. The van der Waals surface area contributed by atoms with Crippen molar-refractivity contribution in [1.29, 1.82) is 5.26 Å². The van der Waals surface area contributed by atoms with E-state index in [2.05, 4.69) is 5.10 Å². The Morgan fingerprint density at radius 2 is 1.88 bits per heavy atom. The second-order valence-electron chi connectivity index (χ2n) is 6.15. The number of carbonyl (C=O) groups excluding carboxylic acids is 2. The van der Waals surface area contributed by atoms with Gasteiger partial charge in [-0.1, -0.05) is 12.1 Å². The molecule has 0 aliphatic heterocycles. The Morgan fingerprint density at radius 3 is 2.44 bits per heavy atom. The first-order valence-corrected chi connectivity index (χ1v) is 7.39. The maximum atomic E-state index is 12.5. The lowest BCUT2D eigenvalue weighted by Gasteiger charge is -2.20. The molecule has 0 amide bonds. The summed E-state index contributed by atoms with van der Waals surface area (Å²) in [5, 5.41) is 13.2. The van der Waals surface area contributed by atoms with E-state index in [0.29, 0.717) is 0 Å². The first-order chi connectivity index (χ1) is 11.7. The minimum Gasteiger partial charge on any atom is -0.464 e. The van der Waals surface area contributed by atoms with Gasteiger partial charge in [0.15, 0.2) is 11.4 Å². The van der Waals surface area contributed by atoms with E-state index in [4.69, 9.17) is 20.5 Å². The van der Waals surface area contributed by atoms with Gasteiger partial charge in [-0.3, -0.25) is 0 Å². The number of para-hydroxylation sites is 1. The third kappa shape index (κ3) is 3.61. The zero-order chi connectivity index (χ0) is 18.8. The van der Waals surface area contributed by atoms with Crippen LogP contribution in [-0.4, -0.2) is 34.4 Å². The van der Waals surface area contributed by atoms with E-state index in [-0.39, 0.29) is 28.3 Å². The van der Waals surface area contributed by atoms with Gasteiger partial charge in [-0.05, 0) is 32.9 Å². The van der Waals surface area contributed by atoms with E-state index >= 15 is 0 Å². The van der Waals surface area contributed by atoms with Crippen LogP contribution in [0.15, 0.2) is 24.3 Å². The molecule has 2 N–H and O–H groups in total. The van der Waals surface area contributed by atoms with Crippen LogP contribution in [-0.2, 0) is 9.47 Å². The Morgan fingerprint density at radius 1 is 1.24 bits per heavy atom. The Labute approximate surface area is 144 Å². The van der Waals surface area contributed by atoms with Gasteiger partial charge in [0.25, 0.3) is 0 Å². The summed E-state index contributed by atoms with van der Waals surface area (Å²) in [7, 11) is 1.19. The smallest absolute Gasteiger partial charge is 0.359 e. The molecule has 0 aliphatic carbocycles. The molecule has 0 bridgehead atoms. The van der Waals surface area contributed by atoms with Crippen LogP contribution in [0.2, 0.25) is 0 Å². The van der Waals surface area contributed by atoms with E-state index in [1.807, 2.05) is 6.07 Å². The number of ether oxygens (including phenoxy) is 2. The molecule has 0 aliphatic rings. The van der Waals surface area contributed by atoms with Crippen LogP contribution >= 0.6 is 0 Å². The quantitative estimate of drug-likeness (QED) is 0.848. The fraction of sp³-hybridized carbons (Fsp3) is 0.294. The first kappa shape index (κ1) is 18.0. The van der Waals surface area contributed by atoms with Crippen molar-refractivity contribution in [3.05, 3.63) is 41.2 Å². The predicted octanol–water partition coefficient (Wildman–Crippen LogP) is 2.07. The van der Waals surface area contributed by atoms with Crippen LogP contribution in [0.25, 0.3) is 5.69 Å². The van der Waals surface area contributed by atoms with Crippen LogP contribution in [0.5, 0.6) is 0 Å². The van der Waals surface area contributed by atoms with Crippen LogP contribution in [0.4, 0.5) is 5.69 Å². The van der Waals surface area contributed by atoms with E-state index in [9.17, 15) is 9.59 Å². The molecule has 0 fully saturated rings. The van der Waals surface area contributed by atoms with E-state index in [1.165, 1.54) is 13.2 Å². The summed E-state index contributed by atoms with van der Waals surface area (Å²) in [6.07, 6.45) is 0. The summed E-state index contributed by atoms with van der Waals surface area (Å²) in [6, 6.07) is 8.23. The molecule has 1 aromatic carbocycles. The van der Waals surface area contributed by atoms with Crippen molar-refractivity contribution in [2.75, 3.05) is 12.8 Å². The van der Waals surface area contributed by atoms with Crippen molar-refractivity contribution in [3.63, 3.8) is 0 Å². The molecule has 0 spiro atoms. The normalized spacial score (nSPS) is 10.8. The second-order valence-corrected chi connectivity index (χ2v) is 6.15. The Balaban J connectivity index is 2.67. The highest BCUT2D eigenvalue weighted by Gasteiger charge is 2.27. The van der Waals surface area contributed by atoms with E-state index in [1.54, 1.807) is 39.0 Å². The number of carbonyl (C=O) groups is 2. The summed E-state index contributed by atoms with van der Waals surface area (Å²) in [5.41, 5.74) is 5.18. The summed E-state index contributed by atoms with van der Waals surface area (Å²) in [5.74, 6) is -1.36. The highest BCUT2D eigenvalue weighted by molar-refractivity contribution is 5.97. The fourth-order valence-electron chi connectivity index (χ4n) is 2.14. The monoisotopic (exact) mass is 342 g/mol. The van der Waals surface area contributed by atoms with Crippen molar-refractivity contribution in [1.82, 2.24) is 9.78 Å². The number of benzene rings is 1. The zero-order valence-electron chi connectivity index (χ0n) is 14.4. The molecule has 2 rings (SSSR count). The zero-order valence-corrected chi connectivity index (χ0v) is 14.4. The topological polar surface area (TPSA) is 120 Å². The average Bonchev–Trinajstić information content (AvgIpc) is 2.89. The summed E-state index contributed by atoms with van der Waals surface area (Å²) in [6.45, 7) is 5.23. The number of nitrogens with two attached hydrogens (primary N) is 1. The molecule has 8 heteroatoms. The largest absolute Gasteiger partial charge is 0.464 e. The van der Waals surface area contributed by atoms with Gasteiger partial charge in [0.1, 0.15) is 17.4 Å². The van der Waals surface area contributed by atoms with Crippen molar-refractivity contribution in [2.45, 2.75) is 26.4 Å². The molecule has 8 nitrogen and oxygen atoms in total. The number of methoxy groups -OCH3 is 1. The predicted molar refractivity (Wildman–Crippen MR) is 89.2 cm³/mol. The van der Waals surface area contributed by atoms with Gasteiger partial charge < -0.3 is 15.2 Å². The highest BCUT2D eigenvalue weighted by atomic mass is 16.6. The minimum absolute atomic E-state index is 0.117. The van der Waals surface area contributed by atoms with Crippen LogP contribution in [0.1, 0.15) is 47.3 Å². The number of hydrogen-bond acceptors (Lipinski definition) is 7. The minimum atomic E-state index is -0.773. The number of nitriles is 1. The molecule has 1 aromatic heterocycles. The van der Waals surface area contributed by atoms with Crippen LogP contribution < -0.4 is 5.73 Å².